The van der Waals surface area contributed by atoms with Crippen LogP contribution in [0.2, 0.25) is 0 Å². The molecule has 0 fully saturated rings. The second-order valence-corrected chi connectivity index (χ2v) is 12.6. The molecule has 3 N–H and O–H groups in total. The van der Waals surface area contributed by atoms with Crippen molar-refractivity contribution in [1.29, 1.82) is 0 Å². The third kappa shape index (κ3) is 6.17. The number of nitrogens with one attached hydrogen (secondary N) is 3. The van der Waals surface area contributed by atoms with Gasteiger partial charge in [0.05, 0.1) is 29.4 Å². The molecule has 11 heteroatoms. The molecule has 224 valence electrons. The molecular weight excluding hydrogens is 591 g/mol. The predicted molar refractivity (Wildman–Crippen MR) is 172 cm³/mol. The summed E-state index contributed by atoms with van der Waals surface area (Å²) in [6.45, 7) is 0.421. The third-order valence-electron chi connectivity index (χ3n) is 7.39. The number of sulfonamides is 1. The molecule has 0 spiro atoms. The van der Waals surface area contributed by atoms with Gasteiger partial charge in [0.2, 0.25) is 10.0 Å². The minimum absolute atomic E-state index is 0.0111. The van der Waals surface area contributed by atoms with Crippen molar-refractivity contribution < 1.29 is 17.5 Å². The number of halogens is 1. The second kappa shape index (κ2) is 11.6. The number of nitrogens with zero attached hydrogens (tertiary/aromatic N) is 3. The molecule has 4 heterocycles. The molecule has 0 amide bonds. The van der Waals surface area contributed by atoms with Crippen LogP contribution in [0.15, 0.2) is 103 Å². The van der Waals surface area contributed by atoms with Gasteiger partial charge in [0.25, 0.3) is 0 Å². The van der Waals surface area contributed by atoms with Crippen molar-refractivity contribution in [2.75, 3.05) is 6.26 Å². The molecule has 0 atom stereocenters. The number of ether oxygens (including phenoxy) is 1. The Morgan fingerprint density at radius 1 is 0.867 bits per heavy atom. The lowest BCUT2D eigenvalue weighted by Gasteiger charge is -2.08. The van der Waals surface area contributed by atoms with E-state index in [1.54, 1.807) is 18.5 Å². The molecule has 3 aromatic carbocycles. The van der Waals surface area contributed by atoms with E-state index >= 15 is 0 Å². The SMILES string of the molecule is CS(=O)(=O)NCc1cc(F)cc(-c2cccc3[nH]c(-c4n[nH]c5ccc(-c6cncc(OCc7ccccc7)c6)nc45)cc23)c1. The Labute approximate surface area is 258 Å². The first-order chi connectivity index (χ1) is 21.8. The molecule has 0 bridgehead atoms. The minimum Gasteiger partial charge on any atom is -0.487 e. The number of hydrogen-bond donors (Lipinski definition) is 3. The topological polar surface area (TPSA) is 126 Å². The van der Waals surface area contributed by atoms with Gasteiger partial charge >= 0.3 is 0 Å². The molecule has 4 aromatic heterocycles. The predicted octanol–water partition coefficient (Wildman–Crippen LogP) is 6.60. The first-order valence-corrected chi connectivity index (χ1v) is 16.0. The highest BCUT2D eigenvalue weighted by Crippen LogP contribution is 2.35. The van der Waals surface area contributed by atoms with E-state index in [4.69, 9.17) is 9.72 Å². The third-order valence-corrected chi connectivity index (χ3v) is 8.06. The summed E-state index contributed by atoms with van der Waals surface area (Å²) in [6, 6.07) is 27.9. The quantitative estimate of drug-likeness (QED) is 0.167. The van der Waals surface area contributed by atoms with Gasteiger partial charge < -0.3 is 9.72 Å². The number of hydrogen-bond acceptors (Lipinski definition) is 6. The Hall–Kier alpha value is -5.39. The number of aromatic nitrogens is 5. The van der Waals surface area contributed by atoms with Crippen LogP contribution in [0.25, 0.3) is 55.7 Å². The molecule has 0 aliphatic rings. The summed E-state index contributed by atoms with van der Waals surface area (Å²) < 4.78 is 46.2. The van der Waals surface area contributed by atoms with Crippen molar-refractivity contribution in [2.45, 2.75) is 13.2 Å². The van der Waals surface area contributed by atoms with Crippen molar-refractivity contribution >= 4 is 32.0 Å². The first-order valence-electron chi connectivity index (χ1n) is 14.1. The zero-order chi connectivity index (χ0) is 31.0. The molecule has 45 heavy (non-hydrogen) atoms. The van der Waals surface area contributed by atoms with E-state index in [9.17, 15) is 12.8 Å². The maximum Gasteiger partial charge on any atom is 0.209 e. The fraction of sp³-hybridized carbons (Fsp3) is 0.0882. The molecule has 0 unspecified atom stereocenters. The monoisotopic (exact) mass is 618 g/mol. The van der Waals surface area contributed by atoms with Gasteiger partial charge in [-0.3, -0.25) is 10.1 Å². The first kappa shape index (κ1) is 28.4. The second-order valence-electron chi connectivity index (χ2n) is 10.7. The number of aromatic amines is 2. The normalized spacial score (nSPS) is 11.8. The summed E-state index contributed by atoms with van der Waals surface area (Å²) in [7, 11) is -3.43. The van der Waals surface area contributed by atoms with Crippen LogP contribution in [0.4, 0.5) is 4.39 Å². The zero-order valence-corrected chi connectivity index (χ0v) is 24.9. The van der Waals surface area contributed by atoms with Gasteiger partial charge in [-0.15, -0.1) is 0 Å². The molecule has 0 radical (unpaired) electrons. The molecule has 0 aliphatic heterocycles. The van der Waals surface area contributed by atoms with Crippen LogP contribution >= 0.6 is 0 Å². The van der Waals surface area contributed by atoms with Gasteiger partial charge in [-0.2, -0.15) is 5.10 Å². The Bertz CT molecular complexity index is 2280. The minimum atomic E-state index is -3.43. The van der Waals surface area contributed by atoms with E-state index in [0.717, 1.165) is 50.8 Å². The number of rotatable bonds is 9. The highest BCUT2D eigenvalue weighted by atomic mass is 32.2. The number of H-pyrrole nitrogens is 2. The summed E-state index contributed by atoms with van der Waals surface area (Å²) in [4.78, 5) is 12.7. The summed E-state index contributed by atoms with van der Waals surface area (Å²) >= 11 is 0. The van der Waals surface area contributed by atoms with E-state index in [1.807, 2.05) is 72.8 Å². The van der Waals surface area contributed by atoms with Crippen LogP contribution in [-0.4, -0.2) is 39.8 Å². The lowest BCUT2D eigenvalue weighted by Crippen LogP contribution is -2.21. The van der Waals surface area contributed by atoms with E-state index < -0.39 is 15.8 Å². The fourth-order valence-corrected chi connectivity index (χ4v) is 5.71. The van der Waals surface area contributed by atoms with E-state index in [1.165, 1.54) is 12.1 Å². The molecular formula is C34H27FN6O3S. The van der Waals surface area contributed by atoms with Gasteiger partial charge in [-0.1, -0.05) is 42.5 Å². The van der Waals surface area contributed by atoms with Gasteiger partial charge in [-0.05, 0) is 70.8 Å². The van der Waals surface area contributed by atoms with Crippen LogP contribution in [0, 0.1) is 5.82 Å². The van der Waals surface area contributed by atoms with Crippen molar-refractivity contribution in [3.05, 3.63) is 120 Å². The molecule has 0 saturated carbocycles. The van der Waals surface area contributed by atoms with E-state index in [-0.39, 0.29) is 6.54 Å². The number of benzene rings is 3. The Morgan fingerprint density at radius 2 is 1.73 bits per heavy atom. The average Bonchev–Trinajstić information content (AvgIpc) is 3.67. The van der Waals surface area contributed by atoms with Crippen molar-refractivity contribution in [2.24, 2.45) is 0 Å². The number of fused-ring (bicyclic) bond motifs is 2. The van der Waals surface area contributed by atoms with Crippen molar-refractivity contribution in [1.82, 2.24) is 29.9 Å². The maximum atomic E-state index is 14.6. The Balaban J connectivity index is 1.22. The Morgan fingerprint density at radius 3 is 2.58 bits per heavy atom. The smallest absolute Gasteiger partial charge is 0.209 e. The van der Waals surface area contributed by atoms with Gasteiger partial charge in [-0.25, -0.2) is 22.5 Å². The molecule has 7 aromatic rings. The molecule has 7 rings (SSSR count). The molecule has 0 saturated heterocycles. The highest BCUT2D eigenvalue weighted by Gasteiger charge is 2.16. The Kier molecular flexibility index (Phi) is 7.32. The summed E-state index contributed by atoms with van der Waals surface area (Å²) in [5.41, 5.74) is 8.18. The summed E-state index contributed by atoms with van der Waals surface area (Å²) in [6.07, 6.45) is 4.50. The fourth-order valence-electron chi connectivity index (χ4n) is 5.28. The van der Waals surface area contributed by atoms with Crippen LogP contribution in [-0.2, 0) is 23.2 Å². The van der Waals surface area contributed by atoms with Crippen LogP contribution < -0.4 is 9.46 Å². The van der Waals surface area contributed by atoms with Crippen LogP contribution in [0.1, 0.15) is 11.1 Å². The van der Waals surface area contributed by atoms with Crippen molar-refractivity contribution in [3.8, 4) is 39.5 Å². The van der Waals surface area contributed by atoms with Crippen molar-refractivity contribution in [3.63, 3.8) is 0 Å². The molecule has 9 nitrogen and oxygen atoms in total. The lowest BCUT2D eigenvalue weighted by molar-refractivity contribution is 0.305. The molecule has 0 aliphatic carbocycles. The van der Waals surface area contributed by atoms with Gasteiger partial charge in [0.1, 0.15) is 29.4 Å². The standard InChI is InChI=1S/C34H27FN6O3S/c1-45(42,43)37-17-22-12-23(14-25(35)13-22)27-8-5-9-30-28(27)16-32(38-30)34-33-31(40-41-34)11-10-29(39-33)24-15-26(19-36-18-24)44-20-21-6-3-2-4-7-21/h2-16,18-19,37-38H,17,20H2,1H3,(H,40,41). The summed E-state index contributed by atoms with van der Waals surface area (Å²) in [5, 5.41) is 8.50. The largest absolute Gasteiger partial charge is 0.487 e. The summed E-state index contributed by atoms with van der Waals surface area (Å²) in [5.74, 6) is 0.186. The van der Waals surface area contributed by atoms with Crippen LogP contribution in [0.3, 0.4) is 0 Å². The zero-order valence-electron chi connectivity index (χ0n) is 24.1. The lowest BCUT2D eigenvalue weighted by atomic mass is 9.99. The van der Waals surface area contributed by atoms with Gasteiger partial charge in [0, 0.05) is 29.2 Å². The average molecular weight is 619 g/mol. The van der Waals surface area contributed by atoms with E-state index in [2.05, 4.69) is 24.9 Å². The van der Waals surface area contributed by atoms with Crippen LogP contribution in [0.5, 0.6) is 5.75 Å². The highest BCUT2D eigenvalue weighted by molar-refractivity contribution is 7.88. The van der Waals surface area contributed by atoms with E-state index in [0.29, 0.717) is 34.7 Å². The number of pyridine rings is 2. The van der Waals surface area contributed by atoms with Gasteiger partial charge in [0.15, 0.2) is 0 Å². The maximum absolute atomic E-state index is 14.6.